The average Bonchev–Trinajstić information content (AvgIpc) is 3.07. The molecule has 0 saturated carbocycles. The van der Waals surface area contributed by atoms with Gasteiger partial charge in [0.15, 0.2) is 5.17 Å². The topological polar surface area (TPSA) is 74.7 Å². The summed E-state index contributed by atoms with van der Waals surface area (Å²) in [4.78, 5) is 36.5. The number of nitrogens with one attached hydrogen (secondary N) is 1. The highest BCUT2D eigenvalue weighted by atomic mass is 79.9. The molecule has 0 bridgehead atoms. The molecule has 6 nitrogen and oxygen atoms in total. The van der Waals surface area contributed by atoms with E-state index in [9.17, 15) is 9.59 Å². The fourth-order valence-corrected chi connectivity index (χ4v) is 4.93. The number of pyridine rings is 1. The molecule has 168 valence electrons. The summed E-state index contributed by atoms with van der Waals surface area (Å²) in [7, 11) is 0. The zero-order chi connectivity index (χ0) is 23.4. The van der Waals surface area contributed by atoms with Crippen molar-refractivity contribution < 1.29 is 9.59 Å². The molecule has 33 heavy (non-hydrogen) atoms. The van der Waals surface area contributed by atoms with Gasteiger partial charge in [-0.3, -0.25) is 19.5 Å². The molecule has 0 aliphatic carbocycles. The molecule has 1 saturated heterocycles. The maximum Gasteiger partial charge on any atom is 0.243 e. The number of para-hydroxylation sites is 1. The lowest BCUT2D eigenvalue weighted by atomic mass is 10.2. The largest absolute Gasteiger partial charge is 0.325 e. The maximum absolute atomic E-state index is 13.3. The van der Waals surface area contributed by atoms with E-state index in [4.69, 9.17) is 11.6 Å². The second kappa shape index (κ2) is 10.5. The molecule has 1 aromatic heterocycles. The van der Waals surface area contributed by atoms with E-state index in [1.165, 1.54) is 11.8 Å². The van der Waals surface area contributed by atoms with Crippen molar-refractivity contribution in [2.75, 3.05) is 5.32 Å². The van der Waals surface area contributed by atoms with E-state index in [1.54, 1.807) is 23.2 Å². The summed E-state index contributed by atoms with van der Waals surface area (Å²) in [6, 6.07) is 18.4. The van der Waals surface area contributed by atoms with Crippen molar-refractivity contribution in [1.82, 2.24) is 9.88 Å². The van der Waals surface area contributed by atoms with E-state index in [-0.39, 0.29) is 24.8 Å². The molecule has 4 rings (SSSR count). The smallest absolute Gasteiger partial charge is 0.243 e. The normalized spacial score (nSPS) is 16.9. The number of anilines is 1. The first-order chi connectivity index (χ1) is 15.9. The van der Waals surface area contributed by atoms with Crippen LogP contribution in [0.15, 0.2) is 76.3 Å². The highest BCUT2D eigenvalue weighted by Gasteiger charge is 2.39. The van der Waals surface area contributed by atoms with Crippen LogP contribution in [0.1, 0.15) is 17.7 Å². The summed E-state index contributed by atoms with van der Waals surface area (Å²) in [5.74, 6) is -0.421. The van der Waals surface area contributed by atoms with Crippen molar-refractivity contribution in [3.05, 3.63) is 87.6 Å². The summed E-state index contributed by atoms with van der Waals surface area (Å²) in [6.45, 7) is 2.19. The van der Waals surface area contributed by atoms with Gasteiger partial charge in [0.2, 0.25) is 11.8 Å². The Kier molecular flexibility index (Phi) is 7.47. The number of benzene rings is 2. The average molecular weight is 544 g/mol. The van der Waals surface area contributed by atoms with E-state index in [0.29, 0.717) is 21.6 Å². The van der Waals surface area contributed by atoms with Gasteiger partial charge in [-0.25, -0.2) is 4.99 Å². The van der Waals surface area contributed by atoms with Crippen molar-refractivity contribution in [3.8, 4) is 0 Å². The molecule has 2 aromatic carbocycles. The van der Waals surface area contributed by atoms with Crippen molar-refractivity contribution in [1.29, 1.82) is 0 Å². The number of carbonyl (C=O) groups is 2. The van der Waals surface area contributed by atoms with E-state index >= 15 is 0 Å². The number of thioether (sulfide) groups is 1. The number of hydrogen-bond donors (Lipinski definition) is 1. The number of aryl methyl sites for hydroxylation is 1. The number of nitrogens with zero attached hydrogens (tertiary/aromatic N) is 3. The van der Waals surface area contributed by atoms with Crippen LogP contribution in [0.25, 0.3) is 0 Å². The Hall–Kier alpha value is -2.68. The molecule has 1 atom stereocenters. The van der Waals surface area contributed by atoms with Crippen LogP contribution in [0.5, 0.6) is 0 Å². The summed E-state index contributed by atoms with van der Waals surface area (Å²) in [6.07, 6.45) is 1.71. The fourth-order valence-electron chi connectivity index (χ4n) is 3.22. The third-order valence-electron chi connectivity index (χ3n) is 4.97. The summed E-state index contributed by atoms with van der Waals surface area (Å²) in [5.41, 5.74) is 2.99. The van der Waals surface area contributed by atoms with E-state index in [2.05, 4.69) is 31.2 Å². The number of aliphatic imine (C=N–C) groups is 1. The van der Waals surface area contributed by atoms with Gasteiger partial charge < -0.3 is 5.32 Å². The van der Waals surface area contributed by atoms with Crippen molar-refractivity contribution in [3.63, 3.8) is 0 Å². The minimum absolute atomic E-state index is 0.0250. The maximum atomic E-state index is 13.3. The predicted molar refractivity (Wildman–Crippen MR) is 137 cm³/mol. The van der Waals surface area contributed by atoms with E-state index in [0.717, 1.165) is 15.7 Å². The Morgan fingerprint density at radius 2 is 2.00 bits per heavy atom. The van der Waals surface area contributed by atoms with Gasteiger partial charge in [0, 0.05) is 22.1 Å². The first-order valence-corrected chi connectivity index (χ1v) is 12.2. The second-order valence-corrected chi connectivity index (χ2v) is 9.84. The molecule has 2 amide bonds. The number of rotatable bonds is 6. The van der Waals surface area contributed by atoms with Gasteiger partial charge in [0.05, 0.1) is 23.6 Å². The van der Waals surface area contributed by atoms with Crippen LogP contribution >= 0.6 is 39.3 Å². The Balaban J connectivity index is 1.57. The van der Waals surface area contributed by atoms with E-state index < -0.39 is 5.25 Å². The molecular weight excluding hydrogens is 524 g/mol. The second-order valence-electron chi connectivity index (χ2n) is 7.41. The van der Waals surface area contributed by atoms with Crippen LogP contribution in [0.3, 0.4) is 0 Å². The zero-order valence-corrected chi connectivity index (χ0v) is 20.8. The fraction of sp³-hybridized carbons (Fsp3) is 0.167. The third kappa shape index (κ3) is 5.82. The first-order valence-electron chi connectivity index (χ1n) is 10.2. The van der Waals surface area contributed by atoms with Gasteiger partial charge in [0.1, 0.15) is 5.25 Å². The Labute approximate surface area is 209 Å². The Morgan fingerprint density at radius 1 is 1.21 bits per heavy atom. The molecule has 1 aliphatic heterocycles. The molecule has 1 N–H and O–H groups in total. The molecular formula is C24H20BrClN4O2S. The number of amides is 2. The number of hydrogen-bond acceptors (Lipinski definition) is 5. The molecule has 1 fully saturated rings. The van der Waals surface area contributed by atoms with Crippen LogP contribution in [-0.4, -0.2) is 32.1 Å². The van der Waals surface area contributed by atoms with Crippen LogP contribution in [0, 0.1) is 6.92 Å². The number of aromatic nitrogens is 1. The number of halogens is 2. The Bertz CT molecular complexity index is 1220. The highest BCUT2D eigenvalue weighted by Crippen LogP contribution is 2.34. The van der Waals surface area contributed by atoms with Crippen molar-refractivity contribution in [2.45, 2.75) is 25.1 Å². The minimum atomic E-state index is -0.587. The molecule has 3 aromatic rings. The minimum Gasteiger partial charge on any atom is -0.325 e. The SMILES string of the molecule is Cc1ccc(N=C2S[C@@H](CC(=O)Nc3ccccc3Br)C(=O)N2Cc2ccccn2)cc1Cl. The van der Waals surface area contributed by atoms with Crippen LogP contribution < -0.4 is 5.32 Å². The lowest BCUT2D eigenvalue weighted by Gasteiger charge is -2.16. The summed E-state index contributed by atoms with van der Waals surface area (Å²) >= 11 is 11.0. The summed E-state index contributed by atoms with van der Waals surface area (Å²) < 4.78 is 0.777. The summed E-state index contributed by atoms with van der Waals surface area (Å²) in [5, 5.41) is 3.40. The monoisotopic (exact) mass is 542 g/mol. The lowest BCUT2D eigenvalue weighted by molar-refractivity contribution is -0.128. The van der Waals surface area contributed by atoms with Crippen LogP contribution in [0.2, 0.25) is 5.02 Å². The molecule has 1 aliphatic rings. The Morgan fingerprint density at radius 3 is 2.73 bits per heavy atom. The number of carbonyl (C=O) groups excluding carboxylic acids is 2. The molecule has 9 heteroatoms. The molecule has 0 radical (unpaired) electrons. The van der Waals surface area contributed by atoms with Gasteiger partial charge in [-0.05, 0) is 64.8 Å². The van der Waals surface area contributed by atoms with Crippen molar-refractivity contribution >= 4 is 67.6 Å². The van der Waals surface area contributed by atoms with Crippen molar-refractivity contribution in [2.24, 2.45) is 4.99 Å². The molecule has 2 heterocycles. The standard InChI is InChI=1S/C24H20BrClN4O2S/c1-15-9-10-16(12-19(15)26)28-24-30(14-17-6-4-5-11-27-17)23(32)21(33-24)13-22(31)29-20-8-3-2-7-18(20)25/h2-12,21H,13-14H2,1H3,(H,29,31)/t21-/m0/s1. The van der Waals surface area contributed by atoms with Gasteiger partial charge in [-0.2, -0.15) is 0 Å². The molecule has 0 spiro atoms. The molecule has 0 unspecified atom stereocenters. The zero-order valence-electron chi connectivity index (χ0n) is 17.7. The third-order valence-corrected chi connectivity index (χ3v) is 7.24. The van der Waals surface area contributed by atoms with Gasteiger partial charge >= 0.3 is 0 Å². The van der Waals surface area contributed by atoms with Crippen LogP contribution in [0.4, 0.5) is 11.4 Å². The quantitative estimate of drug-likeness (QED) is 0.416. The predicted octanol–water partition coefficient (Wildman–Crippen LogP) is 5.97. The van der Waals surface area contributed by atoms with Crippen LogP contribution in [-0.2, 0) is 16.1 Å². The van der Waals surface area contributed by atoms with Gasteiger partial charge in [0.25, 0.3) is 0 Å². The number of amidine groups is 1. The van der Waals surface area contributed by atoms with E-state index in [1.807, 2.05) is 55.5 Å². The lowest BCUT2D eigenvalue weighted by Crippen LogP contribution is -2.33. The first kappa shape index (κ1) is 23.5. The van der Waals surface area contributed by atoms with Gasteiger partial charge in [-0.15, -0.1) is 0 Å². The highest BCUT2D eigenvalue weighted by molar-refractivity contribution is 9.10. The van der Waals surface area contributed by atoms with Gasteiger partial charge in [-0.1, -0.05) is 47.6 Å².